The Morgan fingerprint density at radius 3 is 2.67 bits per heavy atom. The van der Waals surface area contributed by atoms with Gasteiger partial charge in [0.05, 0.1) is 12.5 Å². The average Bonchev–Trinajstić information content (AvgIpc) is 2.97. The van der Waals surface area contributed by atoms with E-state index in [1.54, 1.807) is 12.1 Å². The highest BCUT2D eigenvalue weighted by Gasteiger charge is 2.14. The van der Waals surface area contributed by atoms with Crippen LogP contribution in [0.4, 0.5) is 0 Å². The van der Waals surface area contributed by atoms with Gasteiger partial charge in [0.15, 0.2) is 0 Å². The van der Waals surface area contributed by atoms with Crippen LogP contribution in [0.5, 0.6) is 0 Å². The summed E-state index contributed by atoms with van der Waals surface area (Å²) in [4.78, 5) is 4.29. The van der Waals surface area contributed by atoms with Crippen molar-refractivity contribution < 1.29 is 9.63 Å². The molecular weight excluding hydrogens is 288 g/mol. The second kappa shape index (κ2) is 6.08. The van der Waals surface area contributed by atoms with Gasteiger partial charge in [-0.25, -0.2) is 0 Å². The predicted octanol–water partition coefficient (Wildman–Crippen LogP) is 3.67. The number of hydrogen-bond donors (Lipinski definition) is 1. The highest BCUT2D eigenvalue weighted by Crippen LogP contribution is 2.22. The van der Waals surface area contributed by atoms with Crippen LogP contribution >= 0.6 is 11.6 Å². The van der Waals surface area contributed by atoms with Crippen molar-refractivity contribution in [2.24, 2.45) is 0 Å². The molecule has 0 spiro atoms. The average molecular weight is 301 g/mol. The maximum absolute atomic E-state index is 10.1. The first-order chi connectivity index (χ1) is 10.2. The monoisotopic (exact) mass is 300 g/mol. The van der Waals surface area contributed by atoms with Crippen LogP contribution in [0.15, 0.2) is 59.1 Å². The minimum absolute atomic E-state index is 0.275. The molecule has 0 fully saturated rings. The fourth-order valence-electron chi connectivity index (χ4n) is 2.04. The largest absolute Gasteiger partial charge is 0.388 e. The number of aliphatic hydroxyl groups is 1. The first-order valence-corrected chi connectivity index (χ1v) is 6.92. The molecule has 0 radical (unpaired) electrons. The summed E-state index contributed by atoms with van der Waals surface area (Å²) in [7, 11) is 0. The molecule has 1 aromatic heterocycles. The van der Waals surface area contributed by atoms with Crippen molar-refractivity contribution in [1.82, 2.24) is 10.1 Å². The third kappa shape index (κ3) is 3.29. The third-order valence-electron chi connectivity index (χ3n) is 3.10. The molecule has 0 saturated heterocycles. The van der Waals surface area contributed by atoms with Gasteiger partial charge in [-0.2, -0.15) is 4.98 Å². The topological polar surface area (TPSA) is 59.2 Å². The van der Waals surface area contributed by atoms with E-state index in [0.29, 0.717) is 16.7 Å². The number of nitrogens with zero attached hydrogens (tertiary/aromatic N) is 2. The molecule has 0 aliphatic rings. The molecule has 2 aromatic carbocycles. The molecule has 106 valence electrons. The molecule has 4 nitrogen and oxygen atoms in total. The molecule has 1 unspecified atom stereocenters. The van der Waals surface area contributed by atoms with Gasteiger partial charge in [-0.05, 0) is 17.7 Å². The zero-order chi connectivity index (χ0) is 14.7. The molecule has 0 amide bonds. The minimum Gasteiger partial charge on any atom is -0.388 e. The lowest BCUT2D eigenvalue weighted by Gasteiger charge is -2.07. The Bertz CT molecular complexity index is 728. The van der Waals surface area contributed by atoms with E-state index >= 15 is 0 Å². The Balaban J connectivity index is 1.76. The number of hydrogen-bond acceptors (Lipinski definition) is 4. The van der Waals surface area contributed by atoms with Crippen molar-refractivity contribution in [3.63, 3.8) is 0 Å². The molecule has 0 aliphatic heterocycles. The quantitative estimate of drug-likeness (QED) is 0.798. The summed E-state index contributed by atoms with van der Waals surface area (Å²) in [6.07, 6.45) is -0.392. The highest BCUT2D eigenvalue weighted by atomic mass is 35.5. The van der Waals surface area contributed by atoms with Crippen molar-refractivity contribution in [2.45, 2.75) is 12.5 Å². The van der Waals surface area contributed by atoms with Gasteiger partial charge in [0.25, 0.3) is 0 Å². The Kier molecular flexibility index (Phi) is 3.99. The summed E-state index contributed by atoms with van der Waals surface area (Å²) < 4.78 is 5.19. The number of rotatable bonds is 4. The van der Waals surface area contributed by atoms with Crippen molar-refractivity contribution >= 4 is 11.6 Å². The number of aromatic nitrogens is 2. The fraction of sp³-hybridized carbons (Fsp3) is 0.125. The fourth-order valence-corrected chi connectivity index (χ4v) is 2.23. The number of halogens is 1. The molecule has 21 heavy (non-hydrogen) atoms. The van der Waals surface area contributed by atoms with E-state index in [0.717, 1.165) is 11.1 Å². The molecule has 3 rings (SSSR count). The van der Waals surface area contributed by atoms with E-state index in [2.05, 4.69) is 10.1 Å². The second-order valence-corrected chi connectivity index (χ2v) is 5.09. The Labute approximate surface area is 127 Å². The van der Waals surface area contributed by atoms with Gasteiger partial charge in [-0.1, -0.05) is 59.2 Å². The Morgan fingerprint density at radius 2 is 1.90 bits per heavy atom. The standard InChI is InChI=1S/C16H13ClN2O2/c17-13-8-4-7-12(9-13)16-18-15(21-19-16)10-14(20)11-5-2-1-3-6-11/h1-9,14,20H,10H2. The molecule has 0 saturated carbocycles. The summed E-state index contributed by atoms with van der Waals surface area (Å²) in [5, 5.41) is 14.7. The van der Waals surface area contributed by atoms with E-state index in [9.17, 15) is 5.11 Å². The van der Waals surface area contributed by atoms with Gasteiger partial charge in [0.1, 0.15) is 0 Å². The van der Waals surface area contributed by atoms with Gasteiger partial charge >= 0.3 is 0 Å². The van der Waals surface area contributed by atoms with Crippen LogP contribution in [0.3, 0.4) is 0 Å². The van der Waals surface area contributed by atoms with Gasteiger partial charge in [0, 0.05) is 10.6 Å². The third-order valence-corrected chi connectivity index (χ3v) is 3.34. The van der Waals surface area contributed by atoms with Crippen molar-refractivity contribution in [2.75, 3.05) is 0 Å². The van der Waals surface area contributed by atoms with Gasteiger partial charge in [-0.15, -0.1) is 0 Å². The molecule has 0 bridgehead atoms. The van der Waals surface area contributed by atoms with Crippen LogP contribution in [0.25, 0.3) is 11.4 Å². The molecule has 1 N–H and O–H groups in total. The van der Waals surface area contributed by atoms with Crippen LogP contribution in [0.1, 0.15) is 17.6 Å². The lowest BCUT2D eigenvalue weighted by atomic mass is 10.1. The molecule has 0 aliphatic carbocycles. The van der Waals surface area contributed by atoms with Crippen molar-refractivity contribution in [3.8, 4) is 11.4 Å². The summed E-state index contributed by atoms with van der Waals surface area (Å²) in [6.45, 7) is 0. The maximum atomic E-state index is 10.1. The summed E-state index contributed by atoms with van der Waals surface area (Å²) in [5.41, 5.74) is 1.60. The predicted molar refractivity (Wildman–Crippen MR) is 79.8 cm³/mol. The molecular formula is C16H13ClN2O2. The van der Waals surface area contributed by atoms with Gasteiger partial charge in [-0.3, -0.25) is 0 Å². The Hall–Kier alpha value is -2.17. The second-order valence-electron chi connectivity index (χ2n) is 4.65. The lowest BCUT2D eigenvalue weighted by molar-refractivity contribution is 0.165. The van der Waals surface area contributed by atoms with E-state index in [1.165, 1.54) is 0 Å². The molecule has 1 heterocycles. The summed E-state index contributed by atoms with van der Waals surface area (Å²) >= 11 is 5.94. The zero-order valence-electron chi connectivity index (χ0n) is 11.1. The smallest absolute Gasteiger partial charge is 0.229 e. The normalized spacial score (nSPS) is 12.3. The van der Waals surface area contributed by atoms with Crippen LogP contribution in [-0.2, 0) is 6.42 Å². The maximum Gasteiger partial charge on any atom is 0.229 e. The van der Waals surface area contributed by atoms with E-state index in [1.807, 2.05) is 42.5 Å². The number of aliphatic hydroxyl groups excluding tert-OH is 1. The molecule has 5 heteroatoms. The summed E-state index contributed by atoms with van der Waals surface area (Å²) in [5.74, 6) is 0.856. The number of benzene rings is 2. The van der Waals surface area contributed by atoms with Crippen molar-refractivity contribution in [3.05, 3.63) is 71.1 Å². The van der Waals surface area contributed by atoms with Crippen LogP contribution in [0.2, 0.25) is 5.02 Å². The first kappa shape index (κ1) is 13.8. The summed E-state index contributed by atoms with van der Waals surface area (Å²) in [6, 6.07) is 16.6. The van der Waals surface area contributed by atoms with Gasteiger partial charge in [0.2, 0.25) is 11.7 Å². The molecule has 3 aromatic rings. The first-order valence-electron chi connectivity index (χ1n) is 6.54. The van der Waals surface area contributed by atoms with Crippen LogP contribution in [-0.4, -0.2) is 15.2 Å². The van der Waals surface area contributed by atoms with Crippen LogP contribution in [0, 0.1) is 0 Å². The van der Waals surface area contributed by atoms with E-state index < -0.39 is 6.10 Å². The Morgan fingerprint density at radius 1 is 1.10 bits per heavy atom. The van der Waals surface area contributed by atoms with E-state index in [-0.39, 0.29) is 6.42 Å². The molecule has 1 atom stereocenters. The van der Waals surface area contributed by atoms with Crippen molar-refractivity contribution in [1.29, 1.82) is 0 Å². The van der Waals surface area contributed by atoms with Gasteiger partial charge < -0.3 is 9.63 Å². The lowest BCUT2D eigenvalue weighted by Crippen LogP contribution is -2.01. The SMILES string of the molecule is OC(Cc1nc(-c2cccc(Cl)c2)no1)c1ccccc1. The minimum atomic E-state index is -0.668. The van der Waals surface area contributed by atoms with E-state index in [4.69, 9.17) is 16.1 Å². The zero-order valence-corrected chi connectivity index (χ0v) is 11.9. The van der Waals surface area contributed by atoms with Crippen LogP contribution < -0.4 is 0 Å². The highest BCUT2D eigenvalue weighted by molar-refractivity contribution is 6.30.